The third-order valence-electron chi connectivity index (χ3n) is 3.14. The van der Waals surface area contributed by atoms with Crippen LogP contribution >= 0.6 is 0 Å². The molecule has 0 radical (unpaired) electrons. The Hall–Kier alpha value is -0.570. The number of rotatable bonds is 3. The molecule has 0 aliphatic heterocycles. The molecule has 1 atom stereocenters. The topological polar surface area (TPSA) is 52.3 Å². The molecule has 0 aromatic heterocycles. The molecule has 1 aliphatic rings. The van der Waals surface area contributed by atoms with Gasteiger partial charge in [0.25, 0.3) is 0 Å². The minimum atomic E-state index is -0.0179. The van der Waals surface area contributed by atoms with Crippen molar-refractivity contribution in [3.05, 3.63) is 0 Å². The van der Waals surface area contributed by atoms with Crippen LogP contribution in [0.4, 0.5) is 0 Å². The van der Waals surface area contributed by atoms with Gasteiger partial charge in [0, 0.05) is 6.04 Å². The van der Waals surface area contributed by atoms with E-state index >= 15 is 0 Å². The number of hydrogen-bond acceptors (Lipinski definition) is 3. The largest absolute Gasteiger partial charge is 0.466 e. The van der Waals surface area contributed by atoms with Crippen molar-refractivity contribution in [1.82, 2.24) is 0 Å². The van der Waals surface area contributed by atoms with Crippen LogP contribution in [0.1, 0.15) is 39.5 Å². The van der Waals surface area contributed by atoms with Crippen molar-refractivity contribution in [3.63, 3.8) is 0 Å². The number of carbonyl (C=O) groups excluding carboxylic acids is 1. The molecule has 1 aliphatic carbocycles. The van der Waals surface area contributed by atoms with Gasteiger partial charge in [0.1, 0.15) is 0 Å². The van der Waals surface area contributed by atoms with E-state index in [9.17, 15) is 4.79 Å². The lowest BCUT2D eigenvalue weighted by atomic mass is 9.79. The molecule has 0 spiro atoms. The first-order valence-electron chi connectivity index (χ1n) is 5.57. The van der Waals surface area contributed by atoms with Crippen molar-refractivity contribution in [2.75, 3.05) is 6.61 Å². The molecule has 2 N–H and O–H groups in total. The predicted molar refractivity (Wildman–Crippen MR) is 55.7 cm³/mol. The van der Waals surface area contributed by atoms with Gasteiger partial charge < -0.3 is 10.5 Å². The monoisotopic (exact) mass is 199 g/mol. The number of hydrogen-bond donors (Lipinski definition) is 1. The third-order valence-corrected chi connectivity index (χ3v) is 3.14. The standard InChI is InChI=1S/C11H21NO2/c1-3-14-11(13)10-6-4-9(5-7-10)8(2)12/h8-10H,3-7,12H2,1-2H3/t8-,9?,10?/m0/s1. The first kappa shape index (κ1) is 11.5. The lowest BCUT2D eigenvalue weighted by Gasteiger charge is -2.29. The zero-order chi connectivity index (χ0) is 10.6. The Labute approximate surface area is 86.0 Å². The summed E-state index contributed by atoms with van der Waals surface area (Å²) < 4.78 is 5.01. The second kappa shape index (κ2) is 5.35. The Kier molecular flexibility index (Phi) is 4.39. The van der Waals surface area contributed by atoms with E-state index in [2.05, 4.69) is 6.92 Å². The number of carbonyl (C=O) groups is 1. The fourth-order valence-electron chi connectivity index (χ4n) is 2.14. The molecule has 0 saturated heterocycles. The molecule has 1 saturated carbocycles. The van der Waals surface area contributed by atoms with Crippen molar-refractivity contribution in [3.8, 4) is 0 Å². The lowest BCUT2D eigenvalue weighted by molar-refractivity contribution is -0.149. The van der Waals surface area contributed by atoms with Gasteiger partial charge in [-0.05, 0) is 45.4 Å². The molecule has 0 aromatic rings. The summed E-state index contributed by atoms with van der Waals surface area (Å²) in [6, 6.07) is 0.262. The molecule has 0 aromatic carbocycles. The van der Waals surface area contributed by atoms with Crippen LogP contribution in [0.5, 0.6) is 0 Å². The highest BCUT2D eigenvalue weighted by molar-refractivity contribution is 5.72. The fraction of sp³-hybridized carbons (Fsp3) is 0.909. The lowest BCUT2D eigenvalue weighted by Crippen LogP contribution is -2.32. The molecule has 82 valence electrons. The highest BCUT2D eigenvalue weighted by Gasteiger charge is 2.28. The van der Waals surface area contributed by atoms with Crippen LogP contribution in [-0.2, 0) is 9.53 Å². The van der Waals surface area contributed by atoms with Crippen molar-refractivity contribution < 1.29 is 9.53 Å². The molecule has 3 heteroatoms. The van der Waals surface area contributed by atoms with E-state index in [0.29, 0.717) is 12.5 Å². The third kappa shape index (κ3) is 2.98. The van der Waals surface area contributed by atoms with Crippen LogP contribution in [-0.4, -0.2) is 18.6 Å². The summed E-state index contributed by atoms with van der Waals surface area (Å²) in [5, 5.41) is 0. The van der Waals surface area contributed by atoms with Crippen LogP contribution in [0, 0.1) is 11.8 Å². The van der Waals surface area contributed by atoms with E-state index in [1.807, 2.05) is 6.92 Å². The summed E-state index contributed by atoms with van der Waals surface area (Å²) in [7, 11) is 0. The molecule has 0 amide bonds. The maximum absolute atomic E-state index is 11.4. The summed E-state index contributed by atoms with van der Waals surface area (Å²) in [5.74, 6) is 0.709. The van der Waals surface area contributed by atoms with Gasteiger partial charge in [-0.2, -0.15) is 0 Å². The van der Waals surface area contributed by atoms with E-state index < -0.39 is 0 Å². The smallest absolute Gasteiger partial charge is 0.308 e. The van der Waals surface area contributed by atoms with Crippen LogP contribution in [0.2, 0.25) is 0 Å². The SMILES string of the molecule is CCOC(=O)C1CCC([C@H](C)N)CC1. The first-order chi connectivity index (χ1) is 6.65. The molecule has 0 unspecified atom stereocenters. The zero-order valence-corrected chi connectivity index (χ0v) is 9.16. The van der Waals surface area contributed by atoms with Gasteiger partial charge in [-0.3, -0.25) is 4.79 Å². The van der Waals surface area contributed by atoms with Crippen LogP contribution in [0.3, 0.4) is 0 Å². The molecule has 1 rings (SSSR count). The highest BCUT2D eigenvalue weighted by Crippen LogP contribution is 2.30. The van der Waals surface area contributed by atoms with Gasteiger partial charge in [-0.1, -0.05) is 0 Å². The Morgan fingerprint density at radius 3 is 2.43 bits per heavy atom. The van der Waals surface area contributed by atoms with Gasteiger partial charge in [0.2, 0.25) is 0 Å². The van der Waals surface area contributed by atoms with Gasteiger partial charge in [-0.15, -0.1) is 0 Å². The first-order valence-corrected chi connectivity index (χ1v) is 5.57. The molecular formula is C11H21NO2. The second-order valence-corrected chi connectivity index (χ2v) is 4.22. The quantitative estimate of drug-likeness (QED) is 0.704. The second-order valence-electron chi connectivity index (χ2n) is 4.22. The van der Waals surface area contributed by atoms with Crippen LogP contribution in [0.25, 0.3) is 0 Å². The number of esters is 1. The molecule has 0 bridgehead atoms. The van der Waals surface area contributed by atoms with Crippen LogP contribution < -0.4 is 5.73 Å². The molecule has 3 nitrogen and oxygen atoms in total. The maximum Gasteiger partial charge on any atom is 0.308 e. The van der Waals surface area contributed by atoms with E-state index in [1.165, 1.54) is 0 Å². The highest BCUT2D eigenvalue weighted by atomic mass is 16.5. The normalized spacial score (nSPS) is 29.6. The summed E-state index contributed by atoms with van der Waals surface area (Å²) in [6.07, 6.45) is 4.04. The predicted octanol–water partition coefficient (Wildman–Crippen LogP) is 1.70. The van der Waals surface area contributed by atoms with E-state index in [0.717, 1.165) is 25.7 Å². The van der Waals surface area contributed by atoms with Gasteiger partial charge in [0.05, 0.1) is 12.5 Å². The minimum Gasteiger partial charge on any atom is -0.466 e. The van der Waals surface area contributed by atoms with Crippen LogP contribution in [0.15, 0.2) is 0 Å². The summed E-state index contributed by atoms with van der Waals surface area (Å²) in [4.78, 5) is 11.4. The van der Waals surface area contributed by atoms with E-state index in [1.54, 1.807) is 0 Å². The van der Waals surface area contributed by atoms with Crippen molar-refractivity contribution in [2.24, 2.45) is 17.6 Å². The van der Waals surface area contributed by atoms with Gasteiger partial charge >= 0.3 is 5.97 Å². The fourth-order valence-corrected chi connectivity index (χ4v) is 2.14. The Balaban J connectivity index is 2.31. The van der Waals surface area contributed by atoms with Gasteiger partial charge in [0.15, 0.2) is 0 Å². The summed E-state index contributed by atoms with van der Waals surface area (Å²) >= 11 is 0. The average Bonchev–Trinajstić information content (AvgIpc) is 2.18. The van der Waals surface area contributed by atoms with Crippen molar-refractivity contribution >= 4 is 5.97 Å². The number of ether oxygens (including phenoxy) is 1. The average molecular weight is 199 g/mol. The Bertz CT molecular complexity index is 184. The molecule has 14 heavy (non-hydrogen) atoms. The van der Waals surface area contributed by atoms with E-state index in [-0.39, 0.29) is 17.9 Å². The van der Waals surface area contributed by atoms with Crippen molar-refractivity contribution in [2.45, 2.75) is 45.6 Å². The summed E-state index contributed by atoms with van der Waals surface area (Å²) in [5.41, 5.74) is 5.83. The van der Waals surface area contributed by atoms with E-state index in [4.69, 9.17) is 10.5 Å². The molecular weight excluding hydrogens is 178 g/mol. The Morgan fingerprint density at radius 2 is 2.00 bits per heavy atom. The summed E-state index contributed by atoms with van der Waals surface area (Å²) in [6.45, 7) is 4.40. The minimum absolute atomic E-state index is 0.0179. The maximum atomic E-state index is 11.4. The number of nitrogens with two attached hydrogens (primary N) is 1. The zero-order valence-electron chi connectivity index (χ0n) is 9.16. The van der Waals surface area contributed by atoms with Crippen molar-refractivity contribution in [1.29, 1.82) is 0 Å². The molecule has 0 heterocycles. The van der Waals surface area contributed by atoms with Gasteiger partial charge in [-0.25, -0.2) is 0 Å². The molecule has 1 fully saturated rings. The Morgan fingerprint density at radius 1 is 1.43 bits per heavy atom.